The van der Waals surface area contributed by atoms with Gasteiger partial charge in [-0.25, -0.2) is 8.42 Å². The summed E-state index contributed by atoms with van der Waals surface area (Å²) in [5.41, 5.74) is 2.97. The highest BCUT2D eigenvalue weighted by Gasteiger charge is 2.52. The van der Waals surface area contributed by atoms with E-state index in [2.05, 4.69) is 10.3 Å². The molecule has 154 valence electrons. The van der Waals surface area contributed by atoms with E-state index in [1.165, 1.54) is 0 Å². The maximum atomic E-state index is 13.3. The molecule has 1 amide bonds. The van der Waals surface area contributed by atoms with E-state index < -0.39 is 15.6 Å². The van der Waals surface area contributed by atoms with Crippen molar-refractivity contribution < 1.29 is 13.2 Å². The molecule has 0 saturated carbocycles. The summed E-state index contributed by atoms with van der Waals surface area (Å²) >= 11 is 0. The van der Waals surface area contributed by atoms with E-state index >= 15 is 0 Å². The van der Waals surface area contributed by atoms with Gasteiger partial charge >= 0.3 is 0 Å². The molecule has 1 N–H and O–H groups in total. The number of hydrogen-bond donors (Lipinski definition) is 1. The molecule has 0 radical (unpaired) electrons. The lowest BCUT2D eigenvalue weighted by Gasteiger charge is -2.38. The molecule has 0 unspecified atom stereocenters. The van der Waals surface area contributed by atoms with Crippen LogP contribution in [0.15, 0.2) is 42.5 Å². The fourth-order valence-electron chi connectivity index (χ4n) is 4.67. The van der Waals surface area contributed by atoms with E-state index in [1.54, 1.807) is 4.31 Å². The van der Waals surface area contributed by atoms with Crippen molar-refractivity contribution in [2.45, 2.75) is 50.3 Å². The lowest BCUT2D eigenvalue weighted by molar-refractivity contribution is -0.125. The monoisotopic (exact) mass is 413 g/mol. The molecule has 0 bridgehead atoms. The van der Waals surface area contributed by atoms with Crippen molar-refractivity contribution in [2.24, 2.45) is 0 Å². The lowest BCUT2D eigenvalue weighted by Crippen LogP contribution is -2.56. The maximum Gasteiger partial charge on any atom is 0.220 e. The van der Waals surface area contributed by atoms with Gasteiger partial charge < -0.3 is 5.32 Å². The van der Waals surface area contributed by atoms with Crippen LogP contribution in [0, 0.1) is 13.8 Å². The summed E-state index contributed by atoms with van der Waals surface area (Å²) in [6.45, 7) is 4.52. The van der Waals surface area contributed by atoms with Gasteiger partial charge in [-0.3, -0.25) is 9.78 Å². The number of pyridine rings is 1. The van der Waals surface area contributed by atoms with Gasteiger partial charge in [0.1, 0.15) is 0 Å². The van der Waals surface area contributed by atoms with Gasteiger partial charge in [-0.2, -0.15) is 4.31 Å². The minimum Gasteiger partial charge on any atom is -0.349 e. The maximum absolute atomic E-state index is 13.3. The number of aryl methyl sites for hydroxylation is 2. The molecule has 29 heavy (non-hydrogen) atoms. The fourth-order valence-corrected chi connectivity index (χ4v) is 6.25. The predicted octanol–water partition coefficient (Wildman–Crippen LogP) is 2.67. The van der Waals surface area contributed by atoms with Crippen molar-refractivity contribution in [2.75, 3.05) is 13.1 Å². The molecule has 1 aromatic heterocycles. The summed E-state index contributed by atoms with van der Waals surface area (Å²) < 4.78 is 28.1. The van der Waals surface area contributed by atoms with Gasteiger partial charge in [0.05, 0.1) is 11.3 Å². The van der Waals surface area contributed by atoms with Gasteiger partial charge in [-0.05, 0) is 44.4 Å². The van der Waals surface area contributed by atoms with Crippen LogP contribution >= 0.6 is 0 Å². The van der Waals surface area contributed by atoms with Crippen LogP contribution in [0.3, 0.4) is 0 Å². The van der Waals surface area contributed by atoms with Gasteiger partial charge in [0.15, 0.2) is 0 Å². The predicted molar refractivity (Wildman–Crippen MR) is 112 cm³/mol. The van der Waals surface area contributed by atoms with E-state index in [4.69, 9.17) is 0 Å². The third-order valence-electron chi connectivity index (χ3n) is 6.02. The highest BCUT2D eigenvalue weighted by Crippen LogP contribution is 2.42. The Labute approximate surface area is 172 Å². The van der Waals surface area contributed by atoms with Crippen LogP contribution in [0.2, 0.25) is 0 Å². The zero-order valence-electron chi connectivity index (χ0n) is 16.9. The molecule has 2 aromatic rings. The van der Waals surface area contributed by atoms with E-state index in [-0.39, 0.29) is 17.6 Å². The summed E-state index contributed by atoms with van der Waals surface area (Å²) in [5.74, 6) is -0.196. The van der Waals surface area contributed by atoms with E-state index in [1.807, 2.05) is 56.3 Å². The van der Waals surface area contributed by atoms with Gasteiger partial charge in [0.2, 0.25) is 15.9 Å². The van der Waals surface area contributed by atoms with Crippen LogP contribution in [0.1, 0.15) is 47.7 Å². The van der Waals surface area contributed by atoms with E-state index in [9.17, 15) is 13.2 Å². The Kier molecular flexibility index (Phi) is 5.21. The topological polar surface area (TPSA) is 79.4 Å². The number of carbonyl (C=O) groups excluding carboxylic acids is 1. The van der Waals surface area contributed by atoms with Crippen LogP contribution in [0.5, 0.6) is 0 Å². The van der Waals surface area contributed by atoms with Crippen molar-refractivity contribution in [1.82, 2.24) is 14.6 Å². The second-order valence-corrected chi connectivity index (χ2v) is 10.3. The number of hydrogen-bond acceptors (Lipinski definition) is 4. The van der Waals surface area contributed by atoms with Crippen LogP contribution in [0.25, 0.3) is 0 Å². The lowest BCUT2D eigenvalue weighted by atomic mass is 9.78. The van der Waals surface area contributed by atoms with Crippen LogP contribution in [0.4, 0.5) is 0 Å². The minimum atomic E-state index is -3.52. The van der Waals surface area contributed by atoms with Crippen molar-refractivity contribution in [3.05, 3.63) is 65.0 Å². The molecule has 2 aliphatic rings. The second-order valence-electron chi connectivity index (χ2n) is 8.35. The SMILES string of the molecule is Cc1cccc(CS(=O)(=O)N2C[C@@H](c3cccc(C)n3)[C@@]3(CCCC(=O)N3)C2)c1. The first-order chi connectivity index (χ1) is 13.8. The molecule has 0 aliphatic carbocycles. The number of benzene rings is 1. The third kappa shape index (κ3) is 4.07. The normalized spacial score (nSPS) is 25.3. The molecule has 7 heteroatoms. The fraction of sp³-hybridized carbons (Fsp3) is 0.455. The Bertz CT molecular complexity index is 1040. The number of nitrogens with one attached hydrogen (secondary N) is 1. The standard InChI is InChI=1S/C22H27N3O3S/c1-16-6-3-8-18(12-16)14-29(27,28)25-13-19(20-9-4-7-17(2)23-20)22(15-25)11-5-10-21(26)24-22/h3-4,6-9,12,19H,5,10-11,13-15H2,1-2H3,(H,24,26)/t19-,22+/m0/s1. The molecule has 1 spiro atoms. The number of rotatable bonds is 4. The summed E-state index contributed by atoms with van der Waals surface area (Å²) in [4.78, 5) is 16.9. The Morgan fingerprint density at radius 1 is 1.21 bits per heavy atom. The van der Waals surface area contributed by atoms with Gasteiger partial charge in [0.25, 0.3) is 0 Å². The number of carbonyl (C=O) groups is 1. The Hall–Kier alpha value is -2.25. The van der Waals surface area contributed by atoms with Crippen molar-refractivity contribution in [1.29, 1.82) is 0 Å². The zero-order valence-corrected chi connectivity index (χ0v) is 17.7. The first-order valence-electron chi connectivity index (χ1n) is 10.1. The average molecular weight is 414 g/mol. The average Bonchev–Trinajstić information content (AvgIpc) is 3.00. The number of piperidine rings is 1. The van der Waals surface area contributed by atoms with Crippen molar-refractivity contribution in [3.63, 3.8) is 0 Å². The summed E-state index contributed by atoms with van der Waals surface area (Å²) in [5, 5.41) is 3.15. The molecule has 2 saturated heterocycles. The summed E-state index contributed by atoms with van der Waals surface area (Å²) in [7, 11) is -3.52. The largest absolute Gasteiger partial charge is 0.349 e. The van der Waals surface area contributed by atoms with Crippen molar-refractivity contribution in [3.8, 4) is 0 Å². The van der Waals surface area contributed by atoms with Gasteiger partial charge in [-0.1, -0.05) is 35.9 Å². The molecule has 1 aromatic carbocycles. The molecule has 4 rings (SSSR count). The van der Waals surface area contributed by atoms with Crippen molar-refractivity contribution >= 4 is 15.9 Å². The number of aromatic nitrogens is 1. The number of sulfonamides is 1. The molecule has 2 atom stereocenters. The summed E-state index contributed by atoms with van der Waals surface area (Å²) in [6, 6.07) is 13.4. The zero-order chi connectivity index (χ0) is 20.6. The Balaban J connectivity index is 1.66. The Morgan fingerprint density at radius 3 is 2.72 bits per heavy atom. The minimum absolute atomic E-state index is 0.00756. The molecule has 6 nitrogen and oxygen atoms in total. The first kappa shape index (κ1) is 20.0. The Morgan fingerprint density at radius 2 is 2.00 bits per heavy atom. The van der Waals surface area contributed by atoms with Crippen LogP contribution < -0.4 is 5.32 Å². The van der Waals surface area contributed by atoms with Crippen LogP contribution in [-0.4, -0.2) is 42.2 Å². The number of amides is 1. The van der Waals surface area contributed by atoms with E-state index in [0.29, 0.717) is 19.5 Å². The second kappa shape index (κ2) is 7.54. The quantitative estimate of drug-likeness (QED) is 0.836. The highest BCUT2D eigenvalue weighted by atomic mass is 32.2. The third-order valence-corrected chi connectivity index (χ3v) is 7.78. The van der Waals surface area contributed by atoms with Gasteiger partial charge in [0, 0.05) is 36.8 Å². The molecule has 2 aliphatic heterocycles. The first-order valence-corrected chi connectivity index (χ1v) is 11.7. The molecule has 3 heterocycles. The highest BCUT2D eigenvalue weighted by molar-refractivity contribution is 7.88. The number of nitrogens with zero attached hydrogens (tertiary/aromatic N) is 2. The summed E-state index contributed by atoms with van der Waals surface area (Å²) in [6.07, 6.45) is 2.02. The van der Waals surface area contributed by atoms with Crippen LogP contribution in [-0.2, 0) is 20.6 Å². The van der Waals surface area contributed by atoms with Gasteiger partial charge in [-0.15, -0.1) is 0 Å². The van der Waals surface area contributed by atoms with E-state index in [0.717, 1.165) is 35.4 Å². The molecule has 2 fully saturated rings. The molecular weight excluding hydrogens is 386 g/mol. The molecular formula is C22H27N3O3S. The smallest absolute Gasteiger partial charge is 0.220 e.